The molecule has 0 bridgehead atoms. The molecule has 0 saturated heterocycles. The Morgan fingerprint density at radius 2 is 1.46 bits per heavy atom. The van der Waals surface area contributed by atoms with Gasteiger partial charge in [0.25, 0.3) is 8.32 Å². The van der Waals surface area contributed by atoms with Gasteiger partial charge in [-0.25, -0.2) is 0 Å². The van der Waals surface area contributed by atoms with Crippen LogP contribution in [0.4, 0.5) is 0 Å². The molecule has 2 aliphatic carbocycles. The van der Waals surface area contributed by atoms with E-state index in [4.69, 9.17) is 18.3 Å². The first-order chi connectivity index (χ1) is 27.8. The van der Waals surface area contributed by atoms with E-state index in [9.17, 15) is 0 Å². The molecule has 0 heterocycles. The van der Waals surface area contributed by atoms with Crippen LogP contribution in [-0.2, 0) is 20.2 Å². The van der Waals surface area contributed by atoms with Crippen molar-refractivity contribution >= 4 is 27.0 Å². The Kier molecular flexibility index (Phi) is 16.0. The third-order valence-electron chi connectivity index (χ3n) is 14.8. The quantitative estimate of drug-likeness (QED) is 0.0890. The summed E-state index contributed by atoms with van der Waals surface area (Å²) in [7, 11) is -2.95. The summed E-state index contributed by atoms with van der Waals surface area (Å²) in [6.45, 7) is 31.9. The molecular formula is C53H80O4Si2. The topological polar surface area (TPSA) is 36.9 Å². The molecule has 59 heavy (non-hydrogen) atoms. The summed E-state index contributed by atoms with van der Waals surface area (Å²) in [5.41, 5.74) is 4.25. The van der Waals surface area contributed by atoms with E-state index in [0.29, 0.717) is 42.8 Å². The highest BCUT2D eigenvalue weighted by Crippen LogP contribution is 2.53. The largest absolute Gasteiger partial charge is 0.497 e. The minimum absolute atomic E-state index is 0.0906. The van der Waals surface area contributed by atoms with Crippen molar-refractivity contribution in [1.82, 2.24) is 0 Å². The maximum Gasteiger partial charge on any atom is 0.261 e. The molecule has 0 N–H and O–H groups in total. The molecule has 1 saturated carbocycles. The van der Waals surface area contributed by atoms with E-state index in [1.807, 2.05) is 12.1 Å². The minimum Gasteiger partial charge on any atom is -0.497 e. The summed E-state index contributed by atoms with van der Waals surface area (Å²) in [4.78, 5) is 0. The van der Waals surface area contributed by atoms with E-state index in [2.05, 4.69) is 167 Å². The first kappa shape index (κ1) is 47.3. The number of methoxy groups -OCH3 is 1. The first-order valence-electron chi connectivity index (χ1n) is 22.8. The van der Waals surface area contributed by atoms with E-state index < -0.39 is 16.6 Å². The molecule has 0 aromatic heterocycles. The van der Waals surface area contributed by atoms with Gasteiger partial charge in [-0.2, -0.15) is 0 Å². The highest BCUT2D eigenvalue weighted by Gasteiger charge is 2.51. The van der Waals surface area contributed by atoms with Gasteiger partial charge < -0.3 is 18.3 Å². The summed E-state index contributed by atoms with van der Waals surface area (Å²) in [6.07, 6.45) is 12.1. The second-order valence-corrected chi connectivity index (χ2v) is 30.3. The van der Waals surface area contributed by atoms with Crippen LogP contribution >= 0.6 is 0 Å². The predicted molar refractivity (Wildman–Crippen MR) is 256 cm³/mol. The van der Waals surface area contributed by atoms with Gasteiger partial charge in [-0.3, -0.25) is 0 Å². The average molecular weight is 837 g/mol. The molecular weight excluding hydrogens is 757 g/mol. The van der Waals surface area contributed by atoms with Crippen molar-refractivity contribution in [3.8, 4) is 5.75 Å². The SMILES string of the molecule is COc1ccc(COCCC[C@@H]2C(/C(=C\C[C@H]3[C@@H](C(C)C)CC[C@]3(C)CO[Si](C)(C)C(C)(C)C)CO[Si](c3ccccc3)(c3ccccc3)C(C)(C)C)=CC[C@@H]2C)cc1. The van der Waals surface area contributed by atoms with Crippen LogP contribution in [0.1, 0.15) is 113 Å². The zero-order valence-electron chi connectivity index (χ0n) is 39.3. The lowest BCUT2D eigenvalue weighted by atomic mass is 9.72. The maximum absolute atomic E-state index is 7.78. The van der Waals surface area contributed by atoms with Gasteiger partial charge in [-0.1, -0.05) is 154 Å². The fourth-order valence-corrected chi connectivity index (χ4v) is 15.6. The number of hydrogen-bond acceptors (Lipinski definition) is 4. The van der Waals surface area contributed by atoms with Crippen molar-refractivity contribution in [3.63, 3.8) is 0 Å². The van der Waals surface area contributed by atoms with Gasteiger partial charge in [0.2, 0.25) is 0 Å². The Morgan fingerprint density at radius 1 is 0.847 bits per heavy atom. The second kappa shape index (κ2) is 20.0. The lowest BCUT2D eigenvalue weighted by molar-refractivity contribution is 0.0860. The van der Waals surface area contributed by atoms with E-state index in [1.54, 1.807) is 7.11 Å². The van der Waals surface area contributed by atoms with E-state index in [-0.39, 0.29) is 15.5 Å². The van der Waals surface area contributed by atoms with Crippen LogP contribution < -0.4 is 15.1 Å². The third-order valence-corrected chi connectivity index (χ3v) is 24.2. The van der Waals surface area contributed by atoms with Crippen LogP contribution in [0.15, 0.2) is 108 Å². The van der Waals surface area contributed by atoms with Gasteiger partial charge in [0.1, 0.15) is 5.75 Å². The molecule has 0 spiro atoms. The number of hydrogen-bond donors (Lipinski definition) is 0. The van der Waals surface area contributed by atoms with Gasteiger partial charge >= 0.3 is 0 Å². The molecule has 3 aromatic carbocycles. The standard InChI is InChI=1S/C53H80O4Si2/c1-40(2)47-34-35-53(10,39-57-58(12,13)51(4,5)6)50(47)33-29-43(38-56-59(52(7,8)9,45-21-16-14-17-22-45)46-23-18-15-19-24-46)49-32-26-41(3)48(49)25-20-36-55-37-42-27-30-44(54-11)31-28-42/h14-19,21-24,27-32,40-41,47-48,50H,20,25-26,33-39H2,1-13H3/b43-29-/t41-,47+,48-,50-,53+/m0/s1. The van der Waals surface area contributed by atoms with Crippen molar-refractivity contribution in [1.29, 1.82) is 0 Å². The number of rotatable bonds is 19. The van der Waals surface area contributed by atoms with Gasteiger partial charge in [-0.15, -0.1) is 0 Å². The smallest absolute Gasteiger partial charge is 0.261 e. The number of benzene rings is 3. The average Bonchev–Trinajstić information content (AvgIpc) is 3.74. The van der Waals surface area contributed by atoms with Gasteiger partial charge in [-0.05, 0) is 136 Å². The minimum atomic E-state index is -2.76. The first-order valence-corrected chi connectivity index (χ1v) is 27.6. The maximum atomic E-state index is 7.78. The van der Waals surface area contributed by atoms with Crippen molar-refractivity contribution in [2.75, 3.05) is 26.9 Å². The Bertz CT molecular complexity index is 1760. The van der Waals surface area contributed by atoms with Crippen molar-refractivity contribution < 1.29 is 18.3 Å². The van der Waals surface area contributed by atoms with Crippen molar-refractivity contribution in [2.45, 2.75) is 138 Å². The Morgan fingerprint density at radius 3 is 2.00 bits per heavy atom. The third kappa shape index (κ3) is 11.2. The van der Waals surface area contributed by atoms with E-state index >= 15 is 0 Å². The Labute approximate surface area is 362 Å². The number of ether oxygens (including phenoxy) is 2. The normalized spacial score (nSPS) is 23.2. The molecule has 324 valence electrons. The lowest BCUT2D eigenvalue weighted by Crippen LogP contribution is -2.66. The van der Waals surface area contributed by atoms with Crippen LogP contribution in [0.3, 0.4) is 0 Å². The van der Waals surface area contributed by atoms with Crippen LogP contribution in [-0.4, -0.2) is 43.6 Å². The fraction of sp³-hybridized carbons (Fsp3) is 0.585. The molecule has 5 rings (SSSR count). The molecule has 4 nitrogen and oxygen atoms in total. The van der Waals surface area contributed by atoms with Crippen molar-refractivity contribution in [3.05, 3.63) is 114 Å². The second-order valence-electron chi connectivity index (χ2n) is 21.2. The zero-order chi connectivity index (χ0) is 43.1. The fourth-order valence-electron chi connectivity index (χ4n) is 9.94. The van der Waals surface area contributed by atoms with Crippen LogP contribution in [0, 0.1) is 35.0 Å². The molecule has 0 amide bonds. The predicted octanol–water partition coefficient (Wildman–Crippen LogP) is 13.2. The summed E-state index contributed by atoms with van der Waals surface area (Å²) < 4.78 is 26.5. The van der Waals surface area contributed by atoms with Gasteiger partial charge in [0.05, 0.1) is 20.3 Å². The van der Waals surface area contributed by atoms with Crippen LogP contribution in [0.25, 0.3) is 0 Å². The lowest BCUT2D eigenvalue weighted by Gasteiger charge is -2.43. The summed E-state index contributed by atoms with van der Waals surface area (Å²) in [5, 5.41) is 2.78. The van der Waals surface area contributed by atoms with Crippen molar-refractivity contribution in [2.24, 2.45) is 35.0 Å². The van der Waals surface area contributed by atoms with E-state index in [0.717, 1.165) is 44.6 Å². The zero-order valence-corrected chi connectivity index (χ0v) is 41.3. The van der Waals surface area contributed by atoms with E-state index in [1.165, 1.54) is 39.9 Å². The summed E-state index contributed by atoms with van der Waals surface area (Å²) in [6, 6.07) is 30.5. The Hall–Kier alpha value is -2.75. The number of allylic oxidation sites excluding steroid dienone is 2. The molecule has 6 heteroatoms. The molecule has 5 atom stereocenters. The summed E-state index contributed by atoms with van der Waals surface area (Å²) in [5.74, 6) is 3.80. The van der Waals surface area contributed by atoms with Gasteiger partial charge in [0, 0.05) is 13.2 Å². The molecule has 3 aromatic rings. The Balaban J connectivity index is 1.47. The summed E-state index contributed by atoms with van der Waals surface area (Å²) >= 11 is 0. The molecule has 2 aliphatic rings. The molecule has 0 unspecified atom stereocenters. The molecule has 0 aliphatic heterocycles. The van der Waals surface area contributed by atoms with Crippen LogP contribution in [0.2, 0.25) is 23.2 Å². The molecule has 1 fully saturated rings. The monoisotopic (exact) mass is 837 g/mol. The molecule has 0 radical (unpaired) electrons. The van der Waals surface area contributed by atoms with Crippen LogP contribution in [0.5, 0.6) is 5.75 Å². The highest BCUT2D eigenvalue weighted by molar-refractivity contribution is 6.99. The highest BCUT2D eigenvalue weighted by atomic mass is 28.4. The van der Waals surface area contributed by atoms with Gasteiger partial charge in [0.15, 0.2) is 8.32 Å².